The van der Waals surface area contributed by atoms with E-state index in [0.29, 0.717) is 5.75 Å². The Morgan fingerprint density at radius 3 is 2.39 bits per heavy atom. The van der Waals surface area contributed by atoms with E-state index in [4.69, 9.17) is 18.9 Å². The van der Waals surface area contributed by atoms with Gasteiger partial charge in [-0.3, -0.25) is 4.74 Å². The summed E-state index contributed by atoms with van der Waals surface area (Å²) < 4.78 is 49.6. The molecule has 0 bridgehead atoms. The zero-order valence-electron chi connectivity index (χ0n) is 15.7. The first-order chi connectivity index (χ1) is 13.1. The second-order valence-corrected chi connectivity index (χ2v) is 8.69. The number of hydrogen-bond acceptors (Lipinski definition) is 7. The zero-order valence-corrected chi connectivity index (χ0v) is 16.5. The lowest BCUT2D eigenvalue weighted by atomic mass is 10.1. The lowest BCUT2D eigenvalue weighted by Crippen LogP contribution is -2.53. The molecule has 150 valence electrons. The number of rotatable bonds is 4. The van der Waals surface area contributed by atoms with Crippen LogP contribution in [0.25, 0.3) is 0 Å². The summed E-state index contributed by atoms with van der Waals surface area (Å²) in [4.78, 5) is 12.3. The predicted molar refractivity (Wildman–Crippen MR) is 98.8 cm³/mol. The molecular weight excluding hydrogens is 386 g/mol. The summed E-state index contributed by atoms with van der Waals surface area (Å²) in [5.74, 6) is -1.83. The molecule has 0 aromatic heterocycles. The van der Waals surface area contributed by atoms with Crippen molar-refractivity contribution in [3.05, 3.63) is 60.2 Å². The molecule has 0 radical (unpaired) electrons. The fraction of sp³-hybridized carbons (Fsp3) is 0.316. The van der Waals surface area contributed by atoms with Crippen molar-refractivity contribution in [3.8, 4) is 5.75 Å². The Kier molecular flexibility index (Phi) is 5.33. The van der Waals surface area contributed by atoms with Gasteiger partial charge in [0.25, 0.3) is 0 Å². The fourth-order valence-corrected chi connectivity index (χ4v) is 3.73. The number of sulfonamides is 1. The topological polar surface area (TPSA) is 100 Å². The van der Waals surface area contributed by atoms with Gasteiger partial charge >= 0.3 is 12.1 Å². The fourth-order valence-electron chi connectivity index (χ4n) is 2.53. The van der Waals surface area contributed by atoms with Crippen molar-refractivity contribution in [1.82, 2.24) is 4.72 Å². The highest BCUT2D eigenvalue weighted by Crippen LogP contribution is 2.37. The van der Waals surface area contributed by atoms with Gasteiger partial charge in [0, 0.05) is 0 Å². The van der Waals surface area contributed by atoms with Gasteiger partial charge in [0.1, 0.15) is 11.4 Å². The smallest absolute Gasteiger partial charge is 0.467 e. The van der Waals surface area contributed by atoms with E-state index in [2.05, 4.69) is 4.72 Å². The second-order valence-electron chi connectivity index (χ2n) is 7.00. The van der Waals surface area contributed by atoms with Gasteiger partial charge in [0.2, 0.25) is 10.0 Å². The number of para-hydroxylation sites is 1. The maximum atomic E-state index is 12.9. The van der Waals surface area contributed by atoms with E-state index in [9.17, 15) is 13.2 Å². The van der Waals surface area contributed by atoms with Gasteiger partial charge in [0.05, 0.1) is 10.5 Å². The predicted octanol–water partition coefficient (Wildman–Crippen LogP) is 3.09. The molecule has 0 saturated carbocycles. The van der Waals surface area contributed by atoms with Crippen molar-refractivity contribution in [2.24, 2.45) is 0 Å². The molecular formula is C19H21NO7S. The summed E-state index contributed by atoms with van der Waals surface area (Å²) in [7, 11) is -4.11. The van der Waals surface area contributed by atoms with E-state index in [1.807, 2.05) is 0 Å². The lowest BCUT2D eigenvalue weighted by molar-refractivity contribution is -0.270. The third-order valence-electron chi connectivity index (χ3n) is 3.66. The summed E-state index contributed by atoms with van der Waals surface area (Å²) in [6.07, 6.45) is -1.10. The molecule has 1 atom stereocenters. The van der Waals surface area contributed by atoms with Crippen LogP contribution in [0.4, 0.5) is 4.79 Å². The Bertz CT molecular complexity index is 954. The maximum absolute atomic E-state index is 12.9. The van der Waals surface area contributed by atoms with Crippen LogP contribution in [0.15, 0.2) is 59.5 Å². The molecule has 9 heteroatoms. The summed E-state index contributed by atoms with van der Waals surface area (Å²) in [5, 5.41) is 0. The van der Waals surface area contributed by atoms with Crippen LogP contribution in [0.5, 0.6) is 5.75 Å². The average Bonchev–Trinajstić information content (AvgIpc) is 2.61. The largest absolute Gasteiger partial charge is 0.512 e. The Morgan fingerprint density at radius 2 is 1.71 bits per heavy atom. The van der Waals surface area contributed by atoms with Gasteiger partial charge in [-0.05, 0) is 45.0 Å². The molecule has 1 aliphatic heterocycles. The highest BCUT2D eigenvalue weighted by molar-refractivity contribution is 7.89. The molecule has 0 fully saturated rings. The Hall–Kier alpha value is -2.62. The van der Waals surface area contributed by atoms with Crippen LogP contribution >= 0.6 is 0 Å². The monoisotopic (exact) mass is 407 g/mol. The van der Waals surface area contributed by atoms with Crippen LogP contribution in [-0.2, 0) is 30.1 Å². The van der Waals surface area contributed by atoms with Gasteiger partial charge in [-0.15, -0.1) is 4.72 Å². The summed E-state index contributed by atoms with van der Waals surface area (Å²) in [6, 6.07) is 14.2. The van der Waals surface area contributed by atoms with E-state index >= 15 is 0 Å². The Balaban J connectivity index is 2.03. The maximum Gasteiger partial charge on any atom is 0.512 e. The normalized spacial score (nSPS) is 19.2. The van der Waals surface area contributed by atoms with Crippen molar-refractivity contribution < 1.29 is 32.2 Å². The first-order valence-electron chi connectivity index (χ1n) is 8.49. The van der Waals surface area contributed by atoms with E-state index in [0.717, 1.165) is 0 Å². The van der Waals surface area contributed by atoms with Gasteiger partial charge in [0.15, 0.2) is 6.79 Å². The number of carbonyl (C=O) groups is 1. The third kappa shape index (κ3) is 4.44. The number of fused-ring (bicyclic) bond motifs is 1. The average molecular weight is 407 g/mol. The minimum Gasteiger partial charge on any atom is -0.467 e. The van der Waals surface area contributed by atoms with Crippen LogP contribution in [0.1, 0.15) is 26.3 Å². The van der Waals surface area contributed by atoms with E-state index in [-0.39, 0.29) is 17.3 Å². The SMILES string of the molecule is CC(C)(C)OC(=O)OC1(NS(=O)(=O)c2ccccc2)OCOc2ccccc21. The third-order valence-corrected chi connectivity index (χ3v) is 5.09. The Labute approximate surface area is 163 Å². The Morgan fingerprint density at radius 1 is 1.07 bits per heavy atom. The standard InChI is InChI=1S/C19H21NO7S/c1-18(2,3)26-17(21)27-19(15-11-7-8-12-16(15)24-13-25-19)20-28(22,23)14-9-5-4-6-10-14/h4-12,20H,13H2,1-3H3. The minimum absolute atomic E-state index is 0.0188. The molecule has 1 aliphatic rings. The molecule has 3 rings (SSSR count). The highest BCUT2D eigenvalue weighted by Gasteiger charge is 2.48. The molecule has 1 unspecified atom stereocenters. The number of benzene rings is 2. The molecule has 0 saturated heterocycles. The first-order valence-corrected chi connectivity index (χ1v) is 9.97. The van der Waals surface area contributed by atoms with Gasteiger partial charge < -0.3 is 14.2 Å². The van der Waals surface area contributed by atoms with Crippen molar-refractivity contribution in [3.63, 3.8) is 0 Å². The molecule has 0 amide bonds. The first kappa shape index (κ1) is 20.1. The lowest BCUT2D eigenvalue weighted by Gasteiger charge is -2.37. The molecule has 0 aliphatic carbocycles. The molecule has 28 heavy (non-hydrogen) atoms. The minimum atomic E-state index is -4.11. The van der Waals surface area contributed by atoms with Crippen molar-refractivity contribution in [1.29, 1.82) is 0 Å². The second kappa shape index (κ2) is 7.42. The molecule has 2 aromatic carbocycles. The summed E-state index contributed by atoms with van der Waals surface area (Å²) in [5.41, 5.74) is -0.659. The van der Waals surface area contributed by atoms with Crippen molar-refractivity contribution >= 4 is 16.2 Å². The summed E-state index contributed by atoms with van der Waals surface area (Å²) >= 11 is 0. The van der Waals surface area contributed by atoms with E-state index in [1.165, 1.54) is 18.2 Å². The van der Waals surface area contributed by atoms with E-state index < -0.39 is 27.7 Å². The number of nitrogens with one attached hydrogen (secondary N) is 1. The van der Waals surface area contributed by atoms with Crippen LogP contribution in [0.2, 0.25) is 0 Å². The molecule has 8 nitrogen and oxygen atoms in total. The molecule has 1 N–H and O–H groups in total. The number of hydrogen-bond donors (Lipinski definition) is 1. The molecule has 0 spiro atoms. The quantitative estimate of drug-likeness (QED) is 0.614. The van der Waals surface area contributed by atoms with Gasteiger partial charge in [-0.2, -0.15) is 0 Å². The van der Waals surface area contributed by atoms with E-state index in [1.54, 1.807) is 57.2 Å². The number of ether oxygens (including phenoxy) is 4. The van der Waals surface area contributed by atoms with Gasteiger partial charge in [-0.1, -0.05) is 30.3 Å². The highest BCUT2D eigenvalue weighted by atomic mass is 32.2. The van der Waals surface area contributed by atoms with Gasteiger partial charge in [-0.25, -0.2) is 13.2 Å². The van der Waals surface area contributed by atoms with Crippen LogP contribution in [0, 0.1) is 0 Å². The zero-order chi connectivity index (χ0) is 20.4. The van der Waals surface area contributed by atoms with Crippen molar-refractivity contribution in [2.45, 2.75) is 37.2 Å². The van der Waals surface area contributed by atoms with Crippen LogP contribution < -0.4 is 9.46 Å². The molecule has 2 aromatic rings. The molecule has 1 heterocycles. The van der Waals surface area contributed by atoms with Crippen molar-refractivity contribution in [2.75, 3.05) is 6.79 Å². The van der Waals surface area contributed by atoms with Crippen LogP contribution in [0.3, 0.4) is 0 Å². The van der Waals surface area contributed by atoms with Crippen LogP contribution in [-0.4, -0.2) is 27.0 Å². The summed E-state index contributed by atoms with van der Waals surface area (Å²) in [6.45, 7) is 4.65. The number of carbonyl (C=O) groups excluding carboxylic acids is 1.